The minimum atomic E-state index is -2.66. The van der Waals surface area contributed by atoms with Crippen LogP contribution in [0.2, 0.25) is 0 Å². The lowest BCUT2D eigenvalue weighted by Gasteiger charge is -2.28. The van der Waals surface area contributed by atoms with Gasteiger partial charge >= 0.3 is 0 Å². The molecule has 1 amide bonds. The van der Waals surface area contributed by atoms with Crippen LogP contribution >= 0.6 is 0 Å². The number of nitrogens with zero attached hydrogens (tertiary/aromatic N) is 2. The SMILES string of the molecule is Cc1nn(CC(F)F)c(C)c1C(=O)NC1CCC(F)(F)CC1. The van der Waals surface area contributed by atoms with Crippen LogP contribution in [0, 0.1) is 13.8 Å². The topological polar surface area (TPSA) is 46.9 Å². The summed E-state index contributed by atoms with van der Waals surface area (Å²) in [4.78, 5) is 12.3. The summed E-state index contributed by atoms with van der Waals surface area (Å²) in [5.41, 5.74) is 0.964. The minimum absolute atomic E-state index is 0.210. The molecule has 1 aliphatic carbocycles. The van der Waals surface area contributed by atoms with Crippen molar-refractivity contribution in [1.82, 2.24) is 15.1 Å². The second-order valence-electron chi connectivity index (χ2n) is 5.72. The van der Waals surface area contributed by atoms with E-state index in [-0.39, 0.29) is 37.3 Å². The third kappa shape index (κ3) is 3.78. The van der Waals surface area contributed by atoms with Gasteiger partial charge in [-0.2, -0.15) is 5.10 Å². The molecular weight excluding hydrogens is 302 g/mol. The van der Waals surface area contributed by atoms with E-state index in [0.29, 0.717) is 11.4 Å². The summed E-state index contributed by atoms with van der Waals surface area (Å²) in [5.74, 6) is -3.10. The van der Waals surface area contributed by atoms with Crippen molar-refractivity contribution in [3.8, 4) is 0 Å². The van der Waals surface area contributed by atoms with Crippen LogP contribution in [0.1, 0.15) is 47.4 Å². The molecule has 1 aromatic heterocycles. The number of halogens is 4. The van der Waals surface area contributed by atoms with Crippen LogP contribution in [0.3, 0.4) is 0 Å². The molecule has 0 atom stereocenters. The van der Waals surface area contributed by atoms with Crippen molar-refractivity contribution in [3.05, 3.63) is 17.0 Å². The van der Waals surface area contributed by atoms with Crippen molar-refractivity contribution in [1.29, 1.82) is 0 Å². The summed E-state index contributed by atoms with van der Waals surface area (Å²) < 4.78 is 52.2. The van der Waals surface area contributed by atoms with Gasteiger partial charge in [-0.05, 0) is 26.7 Å². The standard InChI is InChI=1S/C14H19F4N3O/c1-8-12(9(2)21(20-8)7-11(15)16)13(22)19-10-3-5-14(17,18)6-4-10/h10-11H,3-7H2,1-2H3,(H,19,22). The average Bonchev–Trinajstić information content (AvgIpc) is 2.66. The molecule has 0 radical (unpaired) electrons. The van der Waals surface area contributed by atoms with E-state index in [4.69, 9.17) is 0 Å². The molecule has 0 aromatic carbocycles. The number of nitrogens with one attached hydrogen (secondary N) is 1. The van der Waals surface area contributed by atoms with Crippen LogP contribution in [0.4, 0.5) is 17.6 Å². The number of rotatable bonds is 4. The Bertz CT molecular complexity index is 547. The van der Waals surface area contributed by atoms with Crippen molar-refractivity contribution in [2.24, 2.45) is 0 Å². The number of aryl methyl sites for hydroxylation is 1. The number of aromatic nitrogens is 2. The molecule has 1 N–H and O–H groups in total. The second kappa shape index (κ2) is 6.26. The maximum absolute atomic E-state index is 13.1. The van der Waals surface area contributed by atoms with Gasteiger partial charge in [-0.1, -0.05) is 0 Å². The zero-order chi connectivity index (χ0) is 16.5. The Morgan fingerprint density at radius 2 is 1.95 bits per heavy atom. The van der Waals surface area contributed by atoms with Gasteiger partial charge in [0.05, 0.1) is 11.3 Å². The Hall–Kier alpha value is -1.60. The molecule has 1 saturated carbocycles. The monoisotopic (exact) mass is 321 g/mol. The Morgan fingerprint density at radius 1 is 1.36 bits per heavy atom. The van der Waals surface area contributed by atoms with Gasteiger partial charge in [0.2, 0.25) is 5.92 Å². The average molecular weight is 321 g/mol. The first-order valence-corrected chi connectivity index (χ1v) is 7.20. The zero-order valence-electron chi connectivity index (χ0n) is 12.5. The van der Waals surface area contributed by atoms with E-state index < -0.39 is 24.8 Å². The number of alkyl halides is 4. The largest absolute Gasteiger partial charge is 0.349 e. The smallest absolute Gasteiger partial charge is 0.257 e. The van der Waals surface area contributed by atoms with Gasteiger partial charge in [-0.25, -0.2) is 17.6 Å². The molecule has 124 valence electrons. The fraction of sp³-hybridized carbons (Fsp3) is 0.714. The first-order chi connectivity index (χ1) is 10.2. The van der Waals surface area contributed by atoms with Crippen LogP contribution in [0.5, 0.6) is 0 Å². The molecule has 1 heterocycles. The lowest BCUT2D eigenvalue weighted by atomic mass is 9.92. The van der Waals surface area contributed by atoms with Crippen molar-refractivity contribution in [2.75, 3.05) is 0 Å². The van der Waals surface area contributed by atoms with Crippen LogP contribution in [0.15, 0.2) is 0 Å². The van der Waals surface area contributed by atoms with E-state index in [1.807, 2.05) is 0 Å². The van der Waals surface area contributed by atoms with Gasteiger partial charge in [-0.15, -0.1) is 0 Å². The van der Waals surface area contributed by atoms with E-state index >= 15 is 0 Å². The number of hydrogen-bond donors (Lipinski definition) is 1. The highest BCUT2D eigenvalue weighted by Crippen LogP contribution is 2.33. The molecule has 1 fully saturated rings. The fourth-order valence-electron chi connectivity index (χ4n) is 2.78. The molecular formula is C14H19F4N3O. The predicted octanol–water partition coefficient (Wildman–Crippen LogP) is 3.07. The summed E-state index contributed by atoms with van der Waals surface area (Å²) in [7, 11) is 0. The van der Waals surface area contributed by atoms with Gasteiger partial charge in [0.1, 0.15) is 6.54 Å². The summed E-state index contributed by atoms with van der Waals surface area (Å²) in [6, 6.07) is -0.315. The molecule has 0 unspecified atom stereocenters. The zero-order valence-corrected chi connectivity index (χ0v) is 12.5. The van der Waals surface area contributed by atoms with Gasteiger partial charge in [0.15, 0.2) is 0 Å². The molecule has 1 aromatic rings. The predicted molar refractivity (Wildman–Crippen MR) is 72.4 cm³/mol. The number of carbonyl (C=O) groups excluding carboxylic acids is 1. The van der Waals surface area contributed by atoms with E-state index in [2.05, 4.69) is 10.4 Å². The first kappa shape index (κ1) is 16.8. The van der Waals surface area contributed by atoms with E-state index in [0.717, 1.165) is 4.68 Å². The minimum Gasteiger partial charge on any atom is -0.349 e. The Balaban J connectivity index is 2.05. The summed E-state index contributed by atoms with van der Waals surface area (Å²) >= 11 is 0. The third-order valence-electron chi connectivity index (χ3n) is 3.97. The molecule has 0 spiro atoms. The van der Waals surface area contributed by atoms with Crippen molar-refractivity contribution < 1.29 is 22.4 Å². The Morgan fingerprint density at radius 3 is 2.50 bits per heavy atom. The van der Waals surface area contributed by atoms with Crippen LogP contribution < -0.4 is 5.32 Å². The molecule has 0 aliphatic heterocycles. The highest BCUT2D eigenvalue weighted by atomic mass is 19.3. The highest BCUT2D eigenvalue weighted by molar-refractivity contribution is 5.96. The molecule has 8 heteroatoms. The fourth-order valence-corrected chi connectivity index (χ4v) is 2.78. The highest BCUT2D eigenvalue weighted by Gasteiger charge is 2.35. The summed E-state index contributed by atoms with van der Waals surface area (Å²) in [6.07, 6.45) is -2.64. The van der Waals surface area contributed by atoms with Gasteiger partial charge in [0.25, 0.3) is 12.3 Å². The maximum Gasteiger partial charge on any atom is 0.257 e. The lowest BCUT2D eigenvalue weighted by Crippen LogP contribution is -2.40. The lowest BCUT2D eigenvalue weighted by molar-refractivity contribution is -0.0399. The second-order valence-corrected chi connectivity index (χ2v) is 5.72. The number of hydrogen-bond acceptors (Lipinski definition) is 2. The number of carbonyl (C=O) groups is 1. The van der Waals surface area contributed by atoms with E-state index in [9.17, 15) is 22.4 Å². The van der Waals surface area contributed by atoms with Crippen molar-refractivity contribution in [2.45, 2.75) is 64.5 Å². The summed E-state index contributed by atoms with van der Waals surface area (Å²) in [5, 5.41) is 6.65. The molecule has 4 nitrogen and oxygen atoms in total. The van der Waals surface area contributed by atoms with Gasteiger partial charge < -0.3 is 5.32 Å². The molecule has 1 aliphatic rings. The van der Waals surface area contributed by atoms with E-state index in [1.54, 1.807) is 13.8 Å². The molecule has 0 saturated heterocycles. The van der Waals surface area contributed by atoms with Crippen LogP contribution in [-0.4, -0.2) is 34.1 Å². The van der Waals surface area contributed by atoms with Gasteiger partial charge in [0, 0.05) is 24.6 Å². The normalized spacial score (nSPS) is 18.7. The molecule has 2 rings (SSSR count). The van der Waals surface area contributed by atoms with Crippen LogP contribution in [0.25, 0.3) is 0 Å². The third-order valence-corrected chi connectivity index (χ3v) is 3.97. The maximum atomic E-state index is 13.1. The Labute approximate surface area is 125 Å². The van der Waals surface area contributed by atoms with Crippen LogP contribution in [-0.2, 0) is 6.54 Å². The van der Waals surface area contributed by atoms with E-state index in [1.165, 1.54) is 0 Å². The first-order valence-electron chi connectivity index (χ1n) is 7.20. The molecule has 22 heavy (non-hydrogen) atoms. The summed E-state index contributed by atoms with van der Waals surface area (Å²) in [6.45, 7) is 2.54. The quantitative estimate of drug-likeness (QED) is 0.866. The Kier molecular flexibility index (Phi) is 4.77. The van der Waals surface area contributed by atoms with Gasteiger partial charge in [-0.3, -0.25) is 9.48 Å². The van der Waals surface area contributed by atoms with Crippen molar-refractivity contribution >= 4 is 5.91 Å². The van der Waals surface area contributed by atoms with Crippen molar-refractivity contribution in [3.63, 3.8) is 0 Å². The number of amides is 1. The molecule has 0 bridgehead atoms.